The molecule has 0 bridgehead atoms. The highest BCUT2D eigenvalue weighted by atomic mass is 16.4. The van der Waals surface area contributed by atoms with Crippen LogP contribution in [0.3, 0.4) is 0 Å². The first-order chi connectivity index (χ1) is 19.3. The van der Waals surface area contributed by atoms with Crippen molar-refractivity contribution in [1.29, 1.82) is 0 Å². The van der Waals surface area contributed by atoms with Gasteiger partial charge in [0.25, 0.3) is 0 Å². The van der Waals surface area contributed by atoms with Gasteiger partial charge < -0.3 is 25.3 Å². The maximum absolute atomic E-state index is 13.7. The number of hydrogen-bond acceptors (Lipinski definition) is 5. The number of nitrogens with zero attached hydrogens (tertiary/aromatic N) is 2. The summed E-state index contributed by atoms with van der Waals surface area (Å²) in [5, 5.41) is 21.0. The van der Waals surface area contributed by atoms with Gasteiger partial charge in [-0.3, -0.25) is 24.0 Å². The van der Waals surface area contributed by atoms with Gasteiger partial charge in [-0.05, 0) is 54.0 Å². The lowest BCUT2D eigenvalue weighted by Crippen LogP contribution is -2.57. The van der Waals surface area contributed by atoms with Gasteiger partial charge in [-0.2, -0.15) is 0 Å². The summed E-state index contributed by atoms with van der Waals surface area (Å²) in [6.07, 6.45) is 3.92. The number of carboxylic acids is 2. The van der Waals surface area contributed by atoms with Crippen LogP contribution in [0.4, 0.5) is 5.69 Å². The summed E-state index contributed by atoms with van der Waals surface area (Å²) in [5.74, 6) is -5.33. The van der Waals surface area contributed by atoms with E-state index in [1.165, 1.54) is 6.08 Å². The Kier molecular flexibility index (Phi) is 10.0. The van der Waals surface area contributed by atoms with Crippen LogP contribution in [0.25, 0.3) is 6.08 Å². The molecular formula is C31H37N3O7. The van der Waals surface area contributed by atoms with Crippen molar-refractivity contribution in [2.75, 3.05) is 18.5 Å². The van der Waals surface area contributed by atoms with Gasteiger partial charge in [0.05, 0.1) is 0 Å². The molecule has 3 N–H and O–H groups in total. The lowest BCUT2D eigenvalue weighted by molar-refractivity contribution is -0.154. The lowest BCUT2D eigenvalue weighted by atomic mass is 9.85. The highest BCUT2D eigenvalue weighted by molar-refractivity contribution is 6.01. The number of benzene rings is 2. The molecular weight excluding hydrogens is 526 g/mol. The summed E-state index contributed by atoms with van der Waals surface area (Å²) in [6.45, 7) is 5.97. The van der Waals surface area contributed by atoms with E-state index in [-0.39, 0.29) is 18.2 Å². The summed E-state index contributed by atoms with van der Waals surface area (Å²) >= 11 is 0. The third kappa shape index (κ3) is 8.03. The number of carbonyl (C=O) groups is 5. The number of aliphatic carboxylic acids is 2. The predicted molar refractivity (Wildman–Crippen MR) is 154 cm³/mol. The number of rotatable bonds is 10. The number of nitrogens with one attached hydrogen (secondary N) is 1. The summed E-state index contributed by atoms with van der Waals surface area (Å²) in [5.41, 5.74) is 1.28. The van der Waals surface area contributed by atoms with Crippen molar-refractivity contribution in [2.24, 2.45) is 11.3 Å². The van der Waals surface area contributed by atoms with Gasteiger partial charge >= 0.3 is 11.9 Å². The van der Waals surface area contributed by atoms with Crippen LogP contribution in [0.2, 0.25) is 0 Å². The fraction of sp³-hybridized carbons (Fsp3) is 0.387. The molecule has 218 valence electrons. The quantitative estimate of drug-likeness (QED) is 0.297. The van der Waals surface area contributed by atoms with E-state index in [0.717, 1.165) is 5.69 Å². The minimum absolute atomic E-state index is 0.161. The number of anilines is 1. The van der Waals surface area contributed by atoms with Crippen molar-refractivity contribution in [1.82, 2.24) is 10.2 Å². The zero-order valence-corrected chi connectivity index (χ0v) is 23.7. The van der Waals surface area contributed by atoms with Gasteiger partial charge in [-0.1, -0.05) is 63.2 Å². The first kappa shape index (κ1) is 31.1. The number of hydrogen-bond donors (Lipinski definition) is 3. The van der Waals surface area contributed by atoms with Gasteiger partial charge in [-0.15, -0.1) is 0 Å². The van der Waals surface area contributed by atoms with E-state index < -0.39 is 41.3 Å². The molecule has 3 rings (SSSR count). The highest BCUT2D eigenvalue weighted by Crippen LogP contribution is 2.27. The number of amides is 3. The maximum atomic E-state index is 13.7. The van der Waals surface area contributed by atoms with Gasteiger partial charge in [0.2, 0.25) is 17.7 Å². The van der Waals surface area contributed by atoms with E-state index in [2.05, 4.69) is 5.32 Å². The molecule has 1 aliphatic heterocycles. The second-order valence-corrected chi connectivity index (χ2v) is 11.2. The fourth-order valence-corrected chi connectivity index (χ4v) is 4.75. The SMILES string of the molecule is CN(C(=O)[C@@H]1CCCN1C(=O)[C@@H](NC(=O)/C=C/c1ccc(CC(C(=O)O)C(=O)O)cc1)C(C)(C)C)c1ccccc1. The Labute approximate surface area is 239 Å². The summed E-state index contributed by atoms with van der Waals surface area (Å²) < 4.78 is 0. The topological polar surface area (TPSA) is 144 Å². The zero-order valence-electron chi connectivity index (χ0n) is 23.7. The predicted octanol–water partition coefficient (Wildman–Crippen LogP) is 3.21. The molecule has 2 atom stereocenters. The molecule has 0 aliphatic carbocycles. The van der Waals surface area contributed by atoms with E-state index in [1.54, 1.807) is 47.2 Å². The molecule has 41 heavy (non-hydrogen) atoms. The minimum atomic E-state index is -1.54. The molecule has 1 aliphatic rings. The largest absolute Gasteiger partial charge is 0.481 e. The Morgan fingerprint density at radius 1 is 1.00 bits per heavy atom. The zero-order chi connectivity index (χ0) is 30.3. The number of likely N-dealkylation sites (tertiary alicyclic amines) is 1. The van der Waals surface area contributed by atoms with Crippen LogP contribution in [-0.4, -0.2) is 70.4 Å². The molecule has 3 amide bonds. The van der Waals surface area contributed by atoms with Crippen LogP contribution in [0.15, 0.2) is 60.7 Å². The Hall–Kier alpha value is -4.47. The van der Waals surface area contributed by atoms with Crippen LogP contribution >= 0.6 is 0 Å². The average Bonchev–Trinajstić information content (AvgIpc) is 3.42. The van der Waals surface area contributed by atoms with Crippen LogP contribution in [-0.2, 0) is 30.4 Å². The fourth-order valence-electron chi connectivity index (χ4n) is 4.75. The van der Waals surface area contributed by atoms with Crippen molar-refractivity contribution >= 4 is 41.4 Å². The first-order valence-electron chi connectivity index (χ1n) is 13.5. The number of para-hydroxylation sites is 1. The van der Waals surface area contributed by atoms with E-state index >= 15 is 0 Å². The summed E-state index contributed by atoms with van der Waals surface area (Å²) in [6, 6.07) is 14.2. The van der Waals surface area contributed by atoms with E-state index in [1.807, 2.05) is 51.1 Å². The van der Waals surface area contributed by atoms with E-state index in [4.69, 9.17) is 10.2 Å². The van der Waals surface area contributed by atoms with Crippen molar-refractivity contribution in [2.45, 2.75) is 52.1 Å². The minimum Gasteiger partial charge on any atom is -0.481 e. The Morgan fingerprint density at radius 3 is 2.17 bits per heavy atom. The van der Waals surface area contributed by atoms with Gasteiger partial charge in [-0.25, -0.2) is 0 Å². The second-order valence-electron chi connectivity index (χ2n) is 11.2. The molecule has 1 saturated heterocycles. The van der Waals surface area contributed by atoms with Gasteiger partial charge in [0, 0.05) is 25.4 Å². The Morgan fingerprint density at radius 2 is 1.61 bits per heavy atom. The molecule has 0 radical (unpaired) electrons. The maximum Gasteiger partial charge on any atom is 0.318 e. The van der Waals surface area contributed by atoms with Crippen LogP contribution in [0, 0.1) is 11.3 Å². The third-order valence-electron chi connectivity index (χ3n) is 7.14. The Balaban J connectivity index is 1.68. The van der Waals surface area contributed by atoms with Gasteiger partial charge in [0.1, 0.15) is 12.1 Å². The molecule has 1 heterocycles. The van der Waals surface area contributed by atoms with E-state index in [0.29, 0.717) is 30.5 Å². The van der Waals surface area contributed by atoms with Crippen LogP contribution in [0.5, 0.6) is 0 Å². The van der Waals surface area contributed by atoms with Crippen LogP contribution in [0.1, 0.15) is 44.7 Å². The molecule has 0 spiro atoms. The van der Waals surface area contributed by atoms with Crippen molar-refractivity contribution in [3.63, 3.8) is 0 Å². The normalized spacial score (nSPS) is 16.0. The lowest BCUT2D eigenvalue weighted by Gasteiger charge is -2.36. The summed E-state index contributed by atoms with van der Waals surface area (Å²) in [4.78, 5) is 65.4. The summed E-state index contributed by atoms with van der Waals surface area (Å²) in [7, 11) is 1.69. The highest BCUT2D eigenvalue weighted by Gasteiger charge is 2.42. The standard InChI is InChI=1S/C31H37N3O7/c1-31(2,3)26(28(37)34-18-8-11-24(34)27(36)33(4)22-9-6-5-7-10-22)32-25(35)17-16-20-12-14-21(15-13-20)19-23(29(38)39)30(40)41/h5-7,9-10,12-17,23-24,26H,8,11,18-19H2,1-4H3,(H,32,35)(H,38,39)(H,40,41)/b17-16+/t24-,26+/m0/s1. The molecule has 0 unspecified atom stereocenters. The molecule has 0 saturated carbocycles. The second kappa shape index (κ2) is 13.3. The monoisotopic (exact) mass is 563 g/mol. The number of carbonyl (C=O) groups excluding carboxylic acids is 3. The molecule has 2 aromatic rings. The Bertz CT molecular complexity index is 1290. The molecule has 1 fully saturated rings. The molecule has 2 aromatic carbocycles. The first-order valence-corrected chi connectivity index (χ1v) is 13.5. The van der Waals surface area contributed by atoms with Crippen LogP contribution < -0.4 is 10.2 Å². The number of likely N-dealkylation sites (N-methyl/N-ethyl adjacent to an activating group) is 1. The molecule has 10 heteroatoms. The van der Waals surface area contributed by atoms with Gasteiger partial charge in [0.15, 0.2) is 5.92 Å². The average molecular weight is 564 g/mol. The number of carboxylic acid groups (broad SMARTS) is 2. The smallest absolute Gasteiger partial charge is 0.318 e. The van der Waals surface area contributed by atoms with Crippen molar-refractivity contribution in [3.8, 4) is 0 Å². The third-order valence-corrected chi connectivity index (χ3v) is 7.14. The van der Waals surface area contributed by atoms with E-state index in [9.17, 15) is 24.0 Å². The van der Waals surface area contributed by atoms with Crippen molar-refractivity contribution in [3.05, 3.63) is 71.8 Å². The van der Waals surface area contributed by atoms with Crippen molar-refractivity contribution < 1.29 is 34.2 Å². The molecule has 10 nitrogen and oxygen atoms in total. The molecule has 0 aromatic heterocycles.